The first-order valence-corrected chi connectivity index (χ1v) is 8.94. The second-order valence-electron chi connectivity index (χ2n) is 6.74. The lowest BCUT2D eigenvalue weighted by Crippen LogP contribution is -2.44. The van der Waals surface area contributed by atoms with Crippen LogP contribution in [0.1, 0.15) is 30.0 Å². The van der Waals surface area contributed by atoms with E-state index >= 15 is 0 Å². The van der Waals surface area contributed by atoms with Gasteiger partial charge in [0.25, 0.3) is 5.91 Å². The van der Waals surface area contributed by atoms with E-state index in [4.69, 9.17) is 0 Å². The Morgan fingerprint density at radius 3 is 2.44 bits per heavy atom. The zero-order valence-corrected chi connectivity index (χ0v) is 15.7. The molecule has 0 radical (unpaired) electrons. The number of rotatable bonds is 5. The van der Waals surface area contributed by atoms with Crippen LogP contribution in [0.3, 0.4) is 0 Å². The van der Waals surface area contributed by atoms with Crippen LogP contribution in [0.4, 0.5) is 10.5 Å². The minimum Gasteiger partial charge on any atom is -0.324 e. The van der Waals surface area contributed by atoms with Crippen LogP contribution in [0.15, 0.2) is 48.5 Å². The van der Waals surface area contributed by atoms with Crippen molar-refractivity contribution in [1.29, 1.82) is 0 Å². The highest BCUT2D eigenvalue weighted by atomic mass is 16.2. The maximum Gasteiger partial charge on any atom is 0.325 e. The quantitative estimate of drug-likeness (QED) is 0.799. The topological polar surface area (TPSA) is 78.5 Å². The van der Waals surface area contributed by atoms with E-state index < -0.39 is 23.4 Å². The first kappa shape index (κ1) is 18.6. The van der Waals surface area contributed by atoms with Gasteiger partial charge < -0.3 is 10.6 Å². The van der Waals surface area contributed by atoms with E-state index in [9.17, 15) is 14.4 Å². The highest BCUT2D eigenvalue weighted by molar-refractivity contribution is 6.10. The van der Waals surface area contributed by atoms with Crippen LogP contribution in [0.25, 0.3) is 0 Å². The molecule has 0 aliphatic carbocycles. The number of hydrogen-bond donors (Lipinski definition) is 2. The third-order valence-electron chi connectivity index (χ3n) is 5.15. The second kappa shape index (κ2) is 7.23. The number of benzene rings is 2. The summed E-state index contributed by atoms with van der Waals surface area (Å²) in [6, 6.07) is 14.2. The standard InChI is InChI=1S/C21H23N3O3/c1-4-21(16-10-6-5-7-11-16)19(26)24(20(27)23-21)13-18(25)22-17-12-8-9-14(2)15(17)3/h5-12H,4,13H2,1-3H3,(H,22,25)(H,23,27)/t21-/m1/s1. The minimum atomic E-state index is -1.13. The molecule has 0 aromatic heterocycles. The molecule has 2 N–H and O–H groups in total. The predicted octanol–water partition coefficient (Wildman–Crippen LogP) is 3.10. The van der Waals surface area contributed by atoms with Gasteiger partial charge in [0.1, 0.15) is 12.1 Å². The van der Waals surface area contributed by atoms with E-state index in [1.807, 2.05) is 51.1 Å². The van der Waals surface area contributed by atoms with Crippen molar-refractivity contribution in [3.63, 3.8) is 0 Å². The highest BCUT2D eigenvalue weighted by Gasteiger charge is 2.51. The second-order valence-corrected chi connectivity index (χ2v) is 6.74. The molecular formula is C21H23N3O3. The number of amides is 4. The predicted molar refractivity (Wildman–Crippen MR) is 103 cm³/mol. The average molecular weight is 365 g/mol. The van der Waals surface area contributed by atoms with E-state index in [-0.39, 0.29) is 6.54 Å². The summed E-state index contributed by atoms with van der Waals surface area (Å²) in [7, 11) is 0. The van der Waals surface area contributed by atoms with Crippen molar-refractivity contribution >= 4 is 23.5 Å². The Balaban J connectivity index is 1.79. The molecule has 0 unspecified atom stereocenters. The molecule has 1 heterocycles. The molecule has 27 heavy (non-hydrogen) atoms. The average Bonchev–Trinajstić information content (AvgIpc) is 2.91. The van der Waals surface area contributed by atoms with Gasteiger partial charge in [-0.2, -0.15) is 0 Å². The van der Waals surface area contributed by atoms with Crippen molar-refractivity contribution in [1.82, 2.24) is 10.2 Å². The molecule has 1 fully saturated rings. The van der Waals surface area contributed by atoms with Gasteiger partial charge in [-0.3, -0.25) is 14.5 Å². The molecular weight excluding hydrogens is 342 g/mol. The molecule has 6 nitrogen and oxygen atoms in total. The van der Waals surface area contributed by atoms with Gasteiger partial charge in [0.05, 0.1) is 0 Å². The summed E-state index contributed by atoms with van der Waals surface area (Å²) in [5.74, 6) is -0.815. The molecule has 0 saturated carbocycles. The number of anilines is 1. The Morgan fingerprint density at radius 1 is 1.07 bits per heavy atom. The summed E-state index contributed by atoms with van der Waals surface area (Å²) in [6.45, 7) is 5.38. The molecule has 2 aromatic carbocycles. The fraction of sp³-hybridized carbons (Fsp3) is 0.286. The van der Waals surface area contributed by atoms with E-state index in [0.29, 0.717) is 17.7 Å². The van der Waals surface area contributed by atoms with Gasteiger partial charge in [-0.15, -0.1) is 0 Å². The van der Waals surface area contributed by atoms with Gasteiger partial charge in [-0.1, -0.05) is 49.4 Å². The molecule has 0 bridgehead atoms. The molecule has 1 saturated heterocycles. The van der Waals surface area contributed by atoms with E-state index in [2.05, 4.69) is 10.6 Å². The van der Waals surface area contributed by atoms with Crippen molar-refractivity contribution in [3.05, 3.63) is 65.2 Å². The van der Waals surface area contributed by atoms with Crippen LogP contribution < -0.4 is 10.6 Å². The van der Waals surface area contributed by atoms with Crippen LogP contribution >= 0.6 is 0 Å². The Labute approximate surface area is 158 Å². The molecule has 140 valence electrons. The van der Waals surface area contributed by atoms with Crippen molar-refractivity contribution in [3.8, 4) is 0 Å². The lowest BCUT2D eigenvalue weighted by atomic mass is 9.87. The largest absolute Gasteiger partial charge is 0.325 e. The summed E-state index contributed by atoms with van der Waals surface area (Å²) < 4.78 is 0. The van der Waals surface area contributed by atoms with Crippen LogP contribution in [0.2, 0.25) is 0 Å². The maximum absolute atomic E-state index is 13.0. The number of carbonyl (C=O) groups is 3. The van der Waals surface area contributed by atoms with Gasteiger partial charge in [0.15, 0.2) is 0 Å². The molecule has 2 aromatic rings. The zero-order valence-electron chi connectivity index (χ0n) is 15.7. The number of urea groups is 1. The van der Waals surface area contributed by atoms with Crippen LogP contribution in [-0.2, 0) is 15.1 Å². The first-order chi connectivity index (χ1) is 12.9. The molecule has 4 amide bonds. The first-order valence-electron chi connectivity index (χ1n) is 8.94. The van der Waals surface area contributed by atoms with Gasteiger partial charge in [0, 0.05) is 5.69 Å². The molecule has 0 spiro atoms. The zero-order chi connectivity index (χ0) is 19.6. The Hall–Kier alpha value is -3.15. The highest BCUT2D eigenvalue weighted by Crippen LogP contribution is 2.32. The van der Waals surface area contributed by atoms with Gasteiger partial charge in [-0.25, -0.2) is 4.79 Å². The molecule has 3 rings (SSSR count). The van der Waals surface area contributed by atoms with Crippen molar-refractivity contribution < 1.29 is 14.4 Å². The molecule has 1 atom stereocenters. The fourth-order valence-electron chi connectivity index (χ4n) is 3.35. The van der Waals surface area contributed by atoms with E-state index in [1.54, 1.807) is 18.2 Å². The Kier molecular flexibility index (Phi) is 4.99. The smallest absolute Gasteiger partial charge is 0.324 e. The fourth-order valence-corrected chi connectivity index (χ4v) is 3.35. The van der Waals surface area contributed by atoms with Gasteiger partial charge in [0.2, 0.25) is 5.91 Å². The SMILES string of the molecule is CC[C@]1(c2ccccc2)NC(=O)N(CC(=O)Nc2cccc(C)c2C)C1=O. The lowest BCUT2D eigenvalue weighted by Gasteiger charge is -2.25. The van der Waals surface area contributed by atoms with Gasteiger partial charge in [-0.05, 0) is 43.0 Å². The molecule has 1 aliphatic heterocycles. The normalized spacial score (nSPS) is 19.1. The van der Waals surface area contributed by atoms with Crippen LogP contribution in [0, 0.1) is 13.8 Å². The van der Waals surface area contributed by atoms with Crippen molar-refractivity contribution in [2.24, 2.45) is 0 Å². The summed E-state index contributed by atoms with van der Waals surface area (Å²) >= 11 is 0. The lowest BCUT2D eigenvalue weighted by molar-refractivity contribution is -0.134. The summed E-state index contributed by atoms with van der Waals surface area (Å²) in [6.07, 6.45) is 0.399. The number of hydrogen-bond acceptors (Lipinski definition) is 3. The maximum atomic E-state index is 13.0. The van der Waals surface area contributed by atoms with Gasteiger partial charge >= 0.3 is 6.03 Å². The van der Waals surface area contributed by atoms with E-state index in [0.717, 1.165) is 16.0 Å². The van der Waals surface area contributed by atoms with Crippen molar-refractivity contribution in [2.75, 3.05) is 11.9 Å². The third kappa shape index (κ3) is 3.30. The Bertz CT molecular complexity index is 895. The number of aryl methyl sites for hydroxylation is 1. The third-order valence-corrected chi connectivity index (χ3v) is 5.15. The molecule has 6 heteroatoms. The van der Waals surface area contributed by atoms with Crippen LogP contribution in [-0.4, -0.2) is 29.3 Å². The summed E-state index contributed by atoms with van der Waals surface area (Å²) in [5.41, 5.74) is 2.27. The van der Waals surface area contributed by atoms with E-state index in [1.165, 1.54) is 0 Å². The summed E-state index contributed by atoms with van der Waals surface area (Å²) in [5, 5.41) is 5.57. The minimum absolute atomic E-state index is 0.327. The summed E-state index contributed by atoms with van der Waals surface area (Å²) in [4.78, 5) is 39.0. The monoisotopic (exact) mass is 365 g/mol. The number of nitrogens with one attached hydrogen (secondary N) is 2. The number of imide groups is 1. The Morgan fingerprint density at radius 2 is 1.78 bits per heavy atom. The number of carbonyl (C=O) groups excluding carboxylic acids is 3. The number of nitrogens with zero attached hydrogens (tertiary/aromatic N) is 1. The molecule has 1 aliphatic rings. The van der Waals surface area contributed by atoms with Crippen LogP contribution in [0.5, 0.6) is 0 Å². The van der Waals surface area contributed by atoms with Crippen molar-refractivity contribution in [2.45, 2.75) is 32.7 Å².